The lowest BCUT2D eigenvalue weighted by molar-refractivity contribution is -0.121. The van der Waals surface area contributed by atoms with Gasteiger partial charge >= 0.3 is 0 Å². The molecular weight excluding hydrogens is 364 g/mol. The summed E-state index contributed by atoms with van der Waals surface area (Å²) in [7, 11) is 1.62. The zero-order valence-corrected chi connectivity index (χ0v) is 18.3. The van der Waals surface area contributed by atoms with Crippen LogP contribution in [0.15, 0.2) is 42.5 Å². The summed E-state index contributed by atoms with van der Waals surface area (Å²) in [4.78, 5) is 24.6. The quantitative estimate of drug-likeness (QED) is 0.733. The van der Waals surface area contributed by atoms with Crippen molar-refractivity contribution in [3.63, 3.8) is 0 Å². The molecule has 2 rings (SSSR count). The highest BCUT2D eigenvalue weighted by Crippen LogP contribution is 2.26. The Bertz CT molecular complexity index is 851. The van der Waals surface area contributed by atoms with E-state index in [1.165, 1.54) is 5.56 Å². The van der Waals surface area contributed by atoms with E-state index in [1.54, 1.807) is 7.11 Å². The molecule has 0 radical (unpaired) electrons. The van der Waals surface area contributed by atoms with Crippen LogP contribution < -0.4 is 15.4 Å². The molecule has 0 heterocycles. The Hall–Kier alpha value is -2.82. The Balaban J connectivity index is 1.85. The van der Waals surface area contributed by atoms with Gasteiger partial charge < -0.3 is 15.4 Å². The summed E-state index contributed by atoms with van der Waals surface area (Å²) in [6.45, 7) is 10.6. The molecule has 0 fully saturated rings. The maximum Gasteiger partial charge on any atom is 0.251 e. The average molecular weight is 397 g/mol. The van der Waals surface area contributed by atoms with Crippen LogP contribution in [0, 0.1) is 6.92 Å². The van der Waals surface area contributed by atoms with E-state index >= 15 is 0 Å². The van der Waals surface area contributed by atoms with Crippen LogP contribution in [0.1, 0.15) is 67.2 Å². The second-order valence-corrected chi connectivity index (χ2v) is 8.37. The number of hydrogen-bond donors (Lipinski definition) is 2. The van der Waals surface area contributed by atoms with Crippen LogP contribution in [0.3, 0.4) is 0 Å². The fourth-order valence-corrected chi connectivity index (χ4v) is 3.10. The van der Waals surface area contributed by atoms with Crippen molar-refractivity contribution in [2.75, 3.05) is 13.7 Å². The third-order valence-electron chi connectivity index (χ3n) is 4.88. The normalized spacial score (nSPS) is 12.2. The third-order valence-corrected chi connectivity index (χ3v) is 4.88. The van der Waals surface area contributed by atoms with Gasteiger partial charge in [0.2, 0.25) is 5.91 Å². The molecule has 2 amide bonds. The van der Waals surface area contributed by atoms with E-state index in [-0.39, 0.29) is 36.2 Å². The summed E-state index contributed by atoms with van der Waals surface area (Å²) < 4.78 is 5.39. The smallest absolute Gasteiger partial charge is 0.251 e. The van der Waals surface area contributed by atoms with Gasteiger partial charge in [0, 0.05) is 24.1 Å². The van der Waals surface area contributed by atoms with Crippen LogP contribution in [-0.4, -0.2) is 25.5 Å². The highest BCUT2D eigenvalue weighted by atomic mass is 16.5. The van der Waals surface area contributed by atoms with Gasteiger partial charge in [0.05, 0.1) is 13.2 Å². The van der Waals surface area contributed by atoms with E-state index in [4.69, 9.17) is 4.74 Å². The van der Waals surface area contributed by atoms with Crippen LogP contribution in [0.4, 0.5) is 0 Å². The van der Waals surface area contributed by atoms with E-state index in [9.17, 15) is 9.59 Å². The van der Waals surface area contributed by atoms with Crippen LogP contribution >= 0.6 is 0 Å². The van der Waals surface area contributed by atoms with Crippen LogP contribution in [0.2, 0.25) is 0 Å². The number of benzene rings is 2. The molecular formula is C24H32N2O3. The second kappa shape index (κ2) is 9.59. The molecule has 2 aromatic carbocycles. The Morgan fingerprint density at radius 1 is 1.07 bits per heavy atom. The Morgan fingerprint density at radius 3 is 2.31 bits per heavy atom. The number of carbonyl (C=O) groups excluding carboxylic acids is 2. The molecule has 2 aromatic rings. The standard InChI is InChI=1S/C24H32N2O3/c1-16-7-12-21(29-6)20(15-16)17(2)26-22(27)13-14-25-23(28)18-8-10-19(11-9-18)24(3,4)5/h7-12,15,17H,13-14H2,1-6H3,(H,25,28)(H,26,27)/t17-/m0/s1. The van der Waals surface area contributed by atoms with Gasteiger partial charge in [-0.1, -0.05) is 50.6 Å². The van der Waals surface area contributed by atoms with Crippen molar-refractivity contribution < 1.29 is 14.3 Å². The molecule has 0 saturated carbocycles. The number of rotatable bonds is 7. The fourth-order valence-electron chi connectivity index (χ4n) is 3.10. The summed E-state index contributed by atoms with van der Waals surface area (Å²) in [5.41, 5.74) is 3.85. The summed E-state index contributed by atoms with van der Waals surface area (Å²) >= 11 is 0. The van der Waals surface area contributed by atoms with Gasteiger partial charge in [0.15, 0.2) is 0 Å². The average Bonchev–Trinajstić information content (AvgIpc) is 2.67. The Kier molecular flexibility index (Phi) is 7.43. The van der Waals surface area contributed by atoms with Crippen molar-refractivity contribution in [1.29, 1.82) is 0 Å². The predicted molar refractivity (Wildman–Crippen MR) is 116 cm³/mol. The third kappa shape index (κ3) is 6.34. The van der Waals surface area contributed by atoms with E-state index in [0.29, 0.717) is 5.56 Å². The van der Waals surface area contributed by atoms with Gasteiger partial charge in [-0.15, -0.1) is 0 Å². The van der Waals surface area contributed by atoms with Crippen LogP contribution in [-0.2, 0) is 10.2 Å². The number of aryl methyl sites for hydroxylation is 1. The molecule has 156 valence electrons. The molecule has 0 aromatic heterocycles. The maximum atomic E-state index is 12.3. The lowest BCUT2D eigenvalue weighted by Crippen LogP contribution is -2.32. The lowest BCUT2D eigenvalue weighted by Gasteiger charge is -2.19. The molecule has 0 spiro atoms. The van der Waals surface area contributed by atoms with E-state index in [0.717, 1.165) is 16.9 Å². The zero-order chi connectivity index (χ0) is 21.6. The van der Waals surface area contributed by atoms with E-state index in [1.807, 2.05) is 56.3 Å². The molecule has 0 bridgehead atoms. The molecule has 1 atom stereocenters. The van der Waals surface area contributed by atoms with Gasteiger partial charge in [0.25, 0.3) is 5.91 Å². The first-order valence-electron chi connectivity index (χ1n) is 9.94. The van der Waals surface area contributed by atoms with Crippen LogP contribution in [0.5, 0.6) is 5.75 Å². The molecule has 29 heavy (non-hydrogen) atoms. The Labute approximate surface area is 173 Å². The monoisotopic (exact) mass is 396 g/mol. The van der Waals surface area contributed by atoms with Gasteiger partial charge in [-0.2, -0.15) is 0 Å². The molecule has 0 aliphatic rings. The molecule has 0 aliphatic heterocycles. The van der Waals surface area contributed by atoms with Gasteiger partial charge in [-0.05, 0) is 43.0 Å². The van der Waals surface area contributed by atoms with Crippen molar-refractivity contribution in [2.45, 2.75) is 52.5 Å². The first-order chi connectivity index (χ1) is 13.6. The van der Waals surface area contributed by atoms with Crippen molar-refractivity contribution in [3.8, 4) is 5.75 Å². The van der Waals surface area contributed by atoms with E-state index in [2.05, 4.69) is 31.4 Å². The fraction of sp³-hybridized carbons (Fsp3) is 0.417. The zero-order valence-electron chi connectivity index (χ0n) is 18.3. The van der Waals surface area contributed by atoms with Crippen molar-refractivity contribution in [2.24, 2.45) is 0 Å². The molecule has 5 nitrogen and oxygen atoms in total. The predicted octanol–water partition coefficient (Wildman–Crippen LogP) is 4.30. The van der Waals surface area contributed by atoms with Crippen molar-refractivity contribution in [3.05, 3.63) is 64.7 Å². The van der Waals surface area contributed by atoms with Gasteiger partial charge in [0.1, 0.15) is 5.75 Å². The first-order valence-corrected chi connectivity index (χ1v) is 9.94. The number of nitrogens with one attached hydrogen (secondary N) is 2. The number of ether oxygens (including phenoxy) is 1. The van der Waals surface area contributed by atoms with Crippen molar-refractivity contribution in [1.82, 2.24) is 10.6 Å². The Morgan fingerprint density at radius 2 is 1.72 bits per heavy atom. The minimum Gasteiger partial charge on any atom is -0.496 e. The summed E-state index contributed by atoms with van der Waals surface area (Å²) in [6.07, 6.45) is 0.213. The lowest BCUT2D eigenvalue weighted by atomic mass is 9.87. The number of methoxy groups -OCH3 is 1. The number of hydrogen-bond acceptors (Lipinski definition) is 3. The number of amides is 2. The molecule has 5 heteroatoms. The molecule has 0 unspecified atom stereocenters. The maximum absolute atomic E-state index is 12.3. The van der Waals surface area contributed by atoms with Gasteiger partial charge in [-0.3, -0.25) is 9.59 Å². The summed E-state index contributed by atoms with van der Waals surface area (Å²) in [5, 5.41) is 5.77. The molecule has 2 N–H and O–H groups in total. The summed E-state index contributed by atoms with van der Waals surface area (Å²) in [5.74, 6) is 0.450. The summed E-state index contributed by atoms with van der Waals surface area (Å²) in [6, 6.07) is 13.3. The second-order valence-electron chi connectivity index (χ2n) is 8.37. The van der Waals surface area contributed by atoms with Crippen molar-refractivity contribution >= 4 is 11.8 Å². The number of carbonyl (C=O) groups is 2. The van der Waals surface area contributed by atoms with E-state index < -0.39 is 0 Å². The molecule has 0 aliphatic carbocycles. The van der Waals surface area contributed by atoms with Crippen LogP contribution in [0.25, 0.3) is 0 Å². The first kappa shape index (κ1) is 22.5. The minimum atomic E-state index is -0.182. The topological polar surface area (TPSA) is 67.4 Å². The SMILES string of the molecule is COc1ccc(C)cc1[C@H](C)NC(=O)CCNC(=O)c1ccc(C(C)(C)C)cc1. The molecule has 0 saturated heterocycles. The van der Waals surface area contributed by atoms with Gasteiger partial charge in [-0.25, -0.2) is 0 Å². The highest BCUT2D eigenvalue weighted by molar-refractivity contribution is 5.94. The largest absolute Gasteiger partial charge is 0.496 e. The highest BCUT2D eigenvalue weighted by Gasteiger charge is 2.16. The minimum absolute atomic E-state index is 0.0454.